The predicted molar refractivity (Wildman–Crippen MR) is 152 cm³/mol. The van der Waals surface area contributed by atoms with Crippen molar-refractivity contribution in [3.63, 3.8) is 0 Å². The van der Waals surface area contributed by atoms with Crippen molar-refractivity contribution in [2.75, 3.05) is 0 Å². The first-order chi connectivity index (χ1) is 21.3. The van der Waals surface area contributed by atoms with E-state index in [1.807, 2.05) is 0 Å². The Balaban J connectivity index is 1.78. The van der Waals surface area contributed by atoms with E-state index in [0.29, 0.717) is 11.1 Å². The predicted octanol–water partition coefficient (Wildman–Crippen LogP) is 4.21. The van der Waals surface area contributed by atoms with Gasteiger partial charge in [-0.1, -0.05) is 6.07 Å². The van der Waals surface area contributed by atoms with Crippen LogP contribution in [0.4, 0.5) is 0 Å². The van der Waals surface area contributed by atoms with Gasteiger partial charge in [-0.2, -0.15) is 0 Å². The van der Waals surface area contributed by atoms with E-state index in [1.165, 1.54) is 89.2 Å². The third kappa shape index (κ3) is 8.44. The number of hydrogen-bond donors (Lipinski definition) is 0. The molecule has 13 nitrogen and oxygen atoms in total. The first-order valence-electron chi connectivity index (χ1n) is 13.5. The second-order valence-corrected chi connectivity index (χ2v) is 9.78. The molecule has 3 aromatic rings. The first-order valence-corrected chi connectivity index (χ1v) is 13.5. The lowest BCUT2D eigenvalue weighted by Gasteiger charge is -2.34. The standard InChI is InChI=1S/C32H28O13/c1-16(33)39-23-9-6-21(7-10-23)32(38)45-30-15-25-27(42-19(4)36)13-24(40-17(2)34)14-28(25)44-31(30)22-8-11-26(41-18(3)35)29(12-22)43-20(5)37/h6-14,30-31H,15H2,1-5H3/t30-,31+/m0/s1. The van der Waals surface area contributed by atoms with Crippen LogP contribution in [0.5, 0.6) is 34.5 Å². The Morgan fingerprint density at radius 3 is 1.76 bits per heavy atom. The van der Waals surface area contributed by atoms with E-state index < -0.39 is 48.0 Å². The largest absolute Gasteiger partial charge is 0.481 e. The smallest absolute Gasteiger partial charge is 0.338 e. The topological polar surface area (TPSA) is 167 Å². The van der Waals surface area contributed by atoms with E-state index in [2.05, 4.69) is 0 Å². The minimum atomic E-state index is -1.06. The lowest BCUT2D eigenvalue weighted by atomic mass is 9.93. The van der Waals surface area contributed by atoms with Crippen LogP contribution in [0.25, 0.3) is 0 Å². The number of benzene rings is 3. The monoisotopic (exact) mass is 620 g/mol. The summed E-state index contributed by atoms with van der Waals surface area (Å²) in [5.74, 6) is -3.60. The second-order valence-electron chi connectivity index (χ2n) is 9.78. The molecule has 0 fully saturated rings. The molecule has 0 saturated carbocycles. The van der Waals surface area contributed by atoms with Crippen molar-refractivity contribution in [3.05, 3.63) is 71.3 Å². The fraction of sp³-hybridized carbons (Fsp3) is 0.250. The Morgan fingerprint density at radius 2 is 1.16 bits per heavy atom. The number of hydrogen-bond acceptors (Lipinski definition) is 13. The molecule has 1 heterocycles. The van der Waals surface area contributed by atoms with Crippen molar-refractivity contribution in [1.82, 2.24) is 0 Å². The molecule has 0 amide bonds. The Morgan fingerprint density at radius 1 is 0.600 bits per heavy atom. The van der Waals surface area contributed by atoms with Crippen molar-refractivity contribution >= 4 is 35.8 Å². The summed E-state index contributed by atoms with van der Waals surface area (Å²) in [6, 6.07) is 12.7. The molecule has 13 heteroatoms. The second kappa shape index (κ2) is 13.7. The highest BCUT2D eigenvalue weighted by Crippen LogP contribution is 2.45. The third-order valence-electron chi connectivity index (χ3n) is 6.07. The average Bonchev–Trinajstić information content (AvgIpc) is 2.93. The van der Waals surface area contributed by atoms with Crippen LogP contribution >= 0.6 is 0 Å². The molecule has 0 N–H and O–H groups in total. The maximum atomic E-state index is 13.3. The summed E-state index contributed by atoms with van der Waals surface area (Å²) >= 11 is 0. The van der Waals surface area contributed by atoms with Crippen LogP contribution < -0.4 is 28.4 Å². The molecule has 0 aromatic heterocycles. The summed E-state index contributed by atoms with van der Waals surface area (Å²) in [7, 11) is 0. The van der Waals surface area contributed by atoms with Crippen LogP contribution in [0.3, 0.4) is 0 Å². The van der Waals surface area contributed by atoms with E-state index in [-0.39, 0.29) is 46.5 Å². The highest BCUT2D eigenvalue weighted by molar-refractivity contribution is 5.90. The van der Waals surface area contributed by atoms with Crippen molar-refractivity contribution in [3.8, 4) is 34.5 Å². The van der Waals surface area contributed by atoms with Gasteiger partial charge in [-0.05, 0) is 36.4 Å². The molecule has 2 atom stereocenters. The van der Waals surface area contributed by atoms with E-state index >= 15 is 0 Å². The summed E-state index contributed by atoms with van der Waals surface area (Å²) in [5, 5.41) is 0. The maximum Gasteiger partial charge on any atom is 0.338 e. The molecule has 1 aliphatic rings. The third-order valence-corrected chi connectivity index (χ3v) is 6.07. The van der Waals surface area contributed by atoms with Crippen LogP contribution in [-0.2, 0) is 35.1 Å². The van der Waals surface area contributed by atoms with E-state index in [1.54, 1.807) is 0 Å². The molecule has 0 radical (unpaired) electrons. The average molecular weight is 621 g/mol. The lowest BCUT2D eigenvalue weighted by Crippen LogP contribution is -2.35. The molecule has 0 bridgehead atoms. The van der Waals surface area contributed by atoms with Gasteiger partial charge >= 0.3 is 35.8 Å². The van der Waals surface area contributed by atoms with Crippen LogP contribution in [-0.4, -0.2) is 41.9 Å². The quantitative estimate of drug-likeness (QED) is 0.260. The van der Waals surface area contributed by atoms with Gasteiger partial charge < -0.3 is 33.2 Å². The van der Waals surface area contributed by atoms with Gasteiger partial charge in [0.1, 0.15) is 29.1 Å². The molecule has 1 aliphatic heterocycles. The molecular weight excluding hydrogens is 592 g/mol. The lowest BCUT2D eigenvalue weighted by molar-refractivity contribution is -0.134. The number of rotatable bonds is 8. The minimum absolute atomic E-state index is 0.0206. The number of esters is 6. The van der Waals surface area contributed by atoms with Gasteiger partial charge in [0.25, 0.3) is 0 Å². The number of fused-ring (bicyclic) bond motifs is 1. The maximum absolute atomic E-state index is 13.3. The van der Waals surface area contributed by atoms with Gasteiger partial charge in [-0.15, -0.1) is 0 Å². The normalized spacial score (nSPS) is 15.0. The van der Waals surface area contributed by atoms with Gasteiger partial charge in [-0.3, -0.25) is 24.0 Å². The molecule has 234 valence electrons. The zero-order valence-electron chi connectivity index (χ0n) is 24.9. The number of carbonyl (C=O) groups excluding carboxylic acids is 6. The van der Waals surface area contributed by atoms with Gasteiger partial charge in [-0.25, -0.2) is 4.79 Å². The van der Waals surface area contributed by atoms with Gasteiger partial charge in [0, 0.05) is 64.3 Å². The zero-order chi connectivity index (χ0) is 32.8. The Kier molecular flexibility index (Phi) is 9.81. The zero-order valence-corrected chi connectivity index (χ0v) is 24.9. The SMILES string of the molecule is CC(=O)Oc1ccc(C(=O)O[C@H]2Cc3c(OC(C)=O)cc(OC(C)=O)cc3O[C@@H]2c2ccc(OC(C)=O)c(OC(C)=O)c2)cc1. The van der Waals surface area contributed by atoms with Crippen LogP contribution in [0.2, 0.25) is 0 Å². The molecule has 0 spiro atoms. The summed E-state index contributed by atoms with van der Waals surface area (Å²) < 4.78 is 38.2. The van der Waals surface area contributed by atoms with Gasteiger partial charge in [0.15, 0.2) is 17.6 Å². The van der Waals surface area contributed by atoms with E-state index in [0.717, 1.165) is 0 Å². The highest BCUT2D eigenvalue weighted by atomic mass is 16.6. The van der Waals surface area contributed by atoms with Crippen molar-refractivity contribution < 1.29 is 61.9 Å². The number of carbonyl (C=O) groups is 6. The highest BCUT2D eigenvalue weighted by Gasteiger charge is 2.38. The van der Waals surface area contributed by atoms with E-state index in [4.69, 9.17) is 33.2 Å². The first kappa shape index (κ1) is 32.2. The summed E-state index contributed by atoms with van der Waals surface area (Å²) in [6.07, 6.45) is -2.15. The summed E-state index contributed by atoms with van der Waals surface area (Å²) in [6.45, 7) is 5.98. The summed E-state index contributed by atoms with van der Waals surface area (Å²) in [4.78, 5) is 71.6. The van der Waals surface area contributed by atoms with Crippen LogP contribution in [0, 0.1) is 0 Å². The molecule has 0 saturated heterocycles. The van der Waals surface area contributed by atoms with Gasteiger partial charge in [0.2, 0.25) is 0 Å². The fourth-order valence-electron chi connectivity index (χ4n) is 4.49. The van der Waals surface area contributed by atoms with Crippen LogP contribution in [0.1, 0.15) is 62.2 Å². The minimum Gasteiger partial charge on any atom is -0.481 e. The fourth-order valence-corrected chi connectivity index (χ4v) is 4.49. The molecular formula is C32H28O13. The molecule has 4 rings (SSSR count). The van der Waals surface area contributed by atoms with E-state index in [9.17, 15) is 28.8 Å². The Bertz CT molecular complexity index is 1670. The molecule has 0 aliphatic carbocycles. The van der Waals surface area contributed by atoms with Gasteiger partial charge in [0.05, 0.1) is 5.56 Å². The summed E-state index contributed by atoms with van der Waals surface area (Å²) in [5.41, 5.74) is 0.825. The number of ether oxygens (including phenoxy) is 7. The Labute approximate surface area is 256 Å². The van der Waals surface area contributed by atoms with Crippen molar-refractivity contribution in [2.24, 2.45) is 0 Å². The molecule has 0 unspecified atom stereocenters. The van der Waals surface area contributed by atoms with Crippen molar-refractivity contribution in [2.45, 2.75) is 53.2 Å². The Hall–Kier alpha value is -5.72. The molecule has 45 heavy (non-hydrogen) atoms. The van der Waals surface area contributed by atoms with Crippen molar-refractivity contribution in [1.29, 1.82) is 0 Å². The van der Waals surface area contributed by atoms with Crippen LogP contribution in [0.15, 0.2) is 54.6 Å². The molecule has 3 aromatic carbocycles.